The Hall–Kier alpha value is -0.780. The van der Waals surface area contributed by atoms with Gasteiger partial charge in [-0.15, -0.1) is 0 Å². The van der Waals surface area contributed by atoms with E-state index in [1.54, 1.807) is 18.2 Å². The zero-order valence-electron chi connectivity index (χ0n) is 9.23. The molecule has 1 atom stereocenters. The summed E-state index contributed by atoms with van der Waals surface area (Å²) in [6.45, 7) is 0.272. The Balaban J connectivity index is 2.17. The second-order valence-electron chi connectivity index (χ2n) is 4.06. The van der Waals surface area contributed by atoms with Crippen molar-refractivity contribution in [2.24, 2.45) is 5.73 Å². The fourth-order valence-electron chi connectivity index (χ4n) is 1.88. The van der Waals surface area contributed by atoms with Gasteiger partial charge in [-0.2, -0.15) is 0 Å². The minimum atomic E-state index is -2.93. The van der Waals surface area contributed by atoms with Crippen LogP contribution >= 0.6 is 11.6 Å². The van der Waals surface area contributed by atoms with Crippen LogP contribution in [0.5, 0.6) is 5.75 Å². The topological polar surface area (TPSA) is 69.4 Å². The Labute approximate surface area is 106 Å². The SMILES string of the molecule is NCc1c(Cl)cccc1OC1CCS(=O)(=O)C1. The van der Waals surface area contributed by atoms with Crippen molar-refractivity contribution >= 4 is 21.4 Å². The van der Waals surface area contributed by atoms with Crippen molar-refractivity contribution in [3.05, 3.63) is 28.8 Å². The van der Waals surface area contributed by atoms with Gasteiger partial charge in [0, 0.05) is 17.1 Å². The van der Waals surface area contributed by atoms with E-state index < -0.39 is 9.84 Å². The predicted molar refractivity (Wildman–Crippen MR) is 67.0 cm³/mol. The second kappa shape index (κ2) is 4.84. The summed E-state index contributed by atoms with van der Waals surface area (Å²) in [4.78, 5) is 0. The first-order valence-electron chi connectivity index (χ1n) is 5.36. The zero-order valence-corrected chi connectivity index (χ0v) is 10.8. The van der Waals surface area contributed by atoms with Crippen LogP contribution in [0.2, 0.25) is 5.02 Å². The molecule has 1 saturated heterocycles. The zero-order chi connectivity index (χ0) is 12.5. The highest BCUT2D eigenvalue weighted by Crippen LogP contribution is 2.28. The molecule has 1 aromatic rings. The number of rotatable bonds is 3. The van der Waals surface area contributed by atoms with Gasteiger partial charge in [0.25, 0.3) is 0 Å². The van der Waals surface area contributed by atoms with Crippen LogP contribution in [-0.2, 0) is 16.4 Å². The quantitative estimate of drug-likeness (QED) is 0.904. The molecule has 1 aliphatic rings. The van der Waals surface area contributed by atoms with Crippen LogP contribution < -0.4 is 10.5 Å². The summed E-state index contributed by atoms with van der Waals surface area (Å²) < 4.78 is 28.3. The van der Waals surface area contributed by atoms with E-state index in [0.717, 1.165) is 5.56 Å². The summed E-state index contributed by atoms with van der Waals surface area (Å²) in [5.74, 6) is 0.849. The van der Waals surface area contributed by atoms with Crippen molar-refractivity contribution in [2.75, 3.05) is 11.5 Å². The highest BCUT2D eigenvalue weighted by Gasteiger charge is 2.29. The van der Waals surface area contributed by atoms with Crippen molar-refractivity contribution < 1.29 is 13.2 Å². The molecule has 0 radical (unpaired) electrons. The summed E-state index contributed by atoms with van der Waals surface area (Å²) in [5.41, 5.74) is 6.32. The molecular weight excluding hydrogens is 262 g/mol. The van der Waals surface area contributed by atoms with Crippen molar-refractivity contribution in [2.45, 2.75) is 19.1 Å². The lowest BCUT2D eigenvalue weighted by Crippen LogP contribution is -2.19. The first-order valence-corrected chi connectivity index (χ1v) is 7.56. The molecule has 0 aromatic heterocycles. The maximum absolute atomic E-state index is 11.3. The van der Waals surface area contributed by atoms with E-state index in [-0.39, 0.29) is 24.2 Å². The Bertz CT molecular complexity index is 515. The minimum Gasteiger partial charge on any atom is -0.489 e. The van der Waals surface area contributed by atoms with E-state index in [2.05, 4.69) is 0 Å². The molecule has 2 rings (SSSR count). The number of nitrogens with two attached hydrogens (primary N) is 1. The maximum atomic E-state index is 11.3. The van der Waals surface area contributed by atoms with E-state index in [9.17, 15) is 8.42 Å². The van der Waals surface area contributed by atoms with E-state index in [1.807, 2.05) is 0 Å². The fraction of sp³-hybridized carbons (Fsp3) is 0.455. The van der Waals surface area contributed by atoms with Gasteiger partial charge >= 0.3 is 0 Å². The summed E-state index contributed by atoms with van der Waals surface area (Å²) in [7, 11) is -2.93. The van der Waals surface area contributed by atoms with Gasteiger partial charge in [-0.25, -0.2) is 8.42 Å². The van der Waals surface area contributed by atoms with Crippen LogP contribution in [0.3, 0.4) is 0 Å². The molecule has 0 amide bonds. The molecule has 1 unspecified atom stereocenters. The van der Waals surface area contributed by atoms with Crippen LogP contribution in [0.15, 0.2) is 18.2 Å². The van der Waals surface area contributed by atoms with Gasteiger partial charge in [0.05, 0.1) is 11.5 Å². The summed E-state index contributed by atoms with van der Waals surface area (Å²) in [6.07, 6.45) is 0.238. The number of hydrogen-bond acceptors (Lipinski definition) is 4. The predicted octanol–water partition coefficient (Wildman–Crippen LogP) is 1.36. The van der Waals surface area contributed by atoms with Gasteiger partial charge in [0.1, 0.15) is 11.9 Å². The third kappa shape index (κ3) is 2.91. The molecule has 6 heteroatoms. The fourth-order valence-corrected chi connectivity index (χ4v) is 3.71. The second-order valence-corrected chi connectivity index (χ2v) is 6.70. The van der Waals surface area contributed by atoms with Gasteiger partial charge in [0.15, 0.2) is 9.84 Å². The largest absolute Gasteiger partial charge is 0.489 e. The molecule has 17 heavy (non-hydrogen) atoms. The monoisotopic (exact) mass is 275 g/mol. The molecule has 0 aliphatic carbocycles. The lowest BCUT2D eigenvalue weighted by Gasteiger charge is -2.15. The Kier molecular flexibility index (Phi) is 3.61. The average molecular weight is 276 g/mol. The van der Waals surface area contributed by atoms with E-state index in [1.165, 1.54) is 0 Å². The van der Waals surface area contributed by atoms with E-state index in [0.29, 0.717) is 17.2 Å². The third-order valence-electron chi connectivity index (χ3n) is 2.76. The number of ether oxygens (including phenoxy) is 1. The molecule has 1 aliphatic heterocycles. The van der Waals surface area contributed by atoms with Crippen molar-refractivity contribution in [1.82, 2.24) is 0 Å². The summed E-state index contributed by atoms with van der Waals surface area (Å²) in [6, 6.07) is 5.27. The normalized spacial score (nSPS) is 22.6. The Morgan fingerprint density at radius 2 is 2.24 bits per heavy atom. The van der Waals surface area contributed by atoms with Gasteiger partial charge in [-0.1, -0.05) is 17.7 Å². The van der Waals surface area contributed by atoms with Crippen molar-refractivity contribution in [3.63, 3.8) is 0 Å². The Morgan fingerprint density at radius 1 is 1.47 bits per heavy atom. The standard InChI is InChI=1S/C11H14ClNO3S/c12-10-2-1-3-11(9(10)6-13)16-8-4-5-17(14,15)7-8/h1-3,8H,4-7,13H2. The van der Waals surface area contributed by atoms with Gasteiger partial charge < -0.3 is 10.5 Å². The average Bonchev–Trinajstić information content (AvgIpc) is 2.58. The lowest BCUT2D eigenvalue weighted by atomic mass is 10.2. The van der Waals surface area contributed by atoms with Crippen LogP contribution in [-0.4, -0.2) is 26.0 Å². The molecular formula is C11H14ClNO3S. The molecule has 1 heterocycles. The highest BCUT2D eigenvalue weighted by molar-refractivity contribution is 7.91. The third-order valence-corrected chi connectivity index (χ3v) is 4.86. The molecule has 1 fully saturated rings. The minimum absolute atomic E-state index is 0.0729. The van der Waals surface area contributed by atoms with Crippen LogP contribution in [0.1, 0.15) is 12.0 Å². The van der Waals surface area contributed by atoms with Crippen molar-refractivity contribution in [3.8, 4) is 5.75 Å². The van der Waals surface area contributed by atoms with Gasteiger partial charge in [0.2, 0.25) is 0 Å². The highest BCUT2D eigenvalue weighted by atomic mass is 35.5. The molecule has 2 N–H and O–H groups in total. The number of hydrogen-bond donors (Lipinski definition) is 1. The lowest BCUT2D eigenvalue weighted by molar-refractivity contribution is 0.226. The van der Waals surface area contributed by atoms with Crippen LogP contribution in [0, 0.1) is 0 Å². The Morgan fingerprint density at radius 3 is 2.82 bits per heavy atom. The molecule has 0 saturated carbocycles. The molecule has 1 aromatic carbocycles. The smallest absolute Gasteiger partial charge is 0.154 e. The van der Waals surface area contributed by atoms with Gasteiger partial charge in [-0.05, 0) is 18.6 Å². The van der Waals surface area contributed by atoms with Crippen LogP contribution in [0.25, 0.3) is 0 Å². The number of sulfone groups is 1. The first-order chi connectivity index (χ1) is 8.02. The maximum Gasteiger partial charge on any atom is 0.154 e. The summed E-state index contributed by atoms with van der Waals surface area (Å²) >= 11 is 5.99. The molecule has 0 bridgehead atoms. The van der Waals surface area contributed by atoms with Crippen LogP contribution in [0.4, 0.5) is 0 Å². The molecule has 0 spiro atoms. The van der Waals surface area contributed by atoms with Crippen molar-refractivity contribution in [1.29, 1.82) is 0 Å². The molecule has 4 nitrogen and oxygen atoms in total. The first kappa shape index (κ1) is 12.7. The molecule has 94 valence electrons. The number of halogens is 1. The van der Waals surface area contributed by atoms with E-state index >= 15 is 0 Å². The summed E-state index contributed by atoms with van der Waals surface area (Å²) in [5, 5.41) is 0.547. The van der Waals surface area contributed by atoms with E-state index in [4.69, 9.17) is 22.1 Å². The van der Waals surface area contributed by atoms with Gasteiger partial charge in [-0.3, -0.25) is 0 Å². The number of benzene rings is 1.